The zero-order chi connectivity index (χ0) is 19.9. The van der Waals surface area contributed by atoms with Gasteiger partial charge < -0.3 is 4.74 Å². The lowest BCUT2D eigenvalue weighted by Gasteiger charge is -2.27. The minimum Gasteiger partial charge on any atom is -0.378 e. The van der Waals surface area contributed by atoms with Crippen LogP contribution in [0.5, 0.6) is 0 Å². The summed E-state index contributed by atoms with van der Waals surface area (Å²) in [6.45, 7) is 8.91. The molecule has 3 heteroatoms. The van der Waals surface area contributed by atoms with Gasteiger partial charge in [-0.15, -0.1) is 0 Å². The van der Waals surface area contributed by atoms with Crippen molar-refractivity contribution < 1.29 is 4.74 Å². The number of rotatable bonds is 9. The van der Waals surface area contributed by atoms with E-state index >= 15 is 0 Å². The molecule has 0 atom stereocenters. The average molecular weight is 408 g/mol. The number of hydrogen-bond acceptors (Lipinski definition) is 1. The number of benzene rings is 3. The molecule has 0 amide bonds. The SMILES string of the molecule is C[Si](C)(C)CCOCC[P+](c1ccccc1)(c1ccccc1)c1ccccc1. The second-order valence-corrected chi connectivity index (χ2v) is 17.7. The molecule has 146 valence electrons. The lowest BCUT2D eigenvalue weighted by molar-refractivity contribution is 0.163. The topological polar surface area (TPSA) is 9.23 Å². The monoisotopic (exact) mass is 407 g/mol. The summed E-state index contributed by atoms with van der Waals surface area (Å²) in [7, 11) is -2.81. The highest BCUT2D eigenvalue weighted by Gasteiger charge is 2.44. The van der Waals surface area contributed by atoms with E-state index in [9.17, 15) is 0 Å². The maximum absolute atomic E-state index is 6.19. The minimum absolute atomic E-state index is 0.803. The summed E-state index contributed by atoms with van der Waals surface area (Å²) in [4.78, 5) is 0. The van der Waals surface area contributed by atoms with Crippen molar-refractivity contribution >= 4 is 31.2 Å². The van der Waals surface area contributed by atoms with Crippen molar-refractivity contribution in [1.82, 2.24) is 0 Å². The van der Waals surface area contributed by atoms with Gasteiger partial charge in [0.15, 0.2) is 0 Å². The van der Waals surface area contributed by atoms with Crippen LogP contribution in [-0.2, 0) is 4.74 Å². The molecule has 0 saturated heterocycles. The molecular formula is C25H32OPSi+. The molecule has 0 aliphatic heterocycles. The van der Waals surface area contributed by atoms with Crippen molar-refractivity contribution in [3.05, 3.63) is 91.0 Å². The molecule has 0 aliphatic carbocycles. The van der Waals surface area contributed by atoms with Gasteiger partial charge in [0, 0.05) is 14.7 Å². The van der Waals surface area contributed by atoms with Crippen molar-refractivity contribution in [2.24, 2.45) is 0 Å². The molecule has 1 nitrogen and oxygen atoms in total. The fourth-order valence-electron chi connectivity index (χ4n) is 3.56. The van der Waals surface area contributed by atoms with Gasteiger partial charge in [-0.2, -0.15) is 0 Å². The molecule has 0 N–H and O–H groups in total. The average Bonchev–Trinajstić information content (AvgIpc) is 2.72. The zero-order valence-corrected chi connectivity index (χ0v) is 19.2. The third-order valence-corrected chi connectivity index (χ3v) is 11.3. The number of ether oxygens (including phenoxy) is 1. The first-order chi connectivity index (χ1) is 13.5. The summed E-state index contributed by atoms with van der Waals surface area (Å²) in [5.74, 6) is 0. The third kappa shape index (κ3) is 5.20. The Morgan fingerprint density at radius 1 is 0.607 bits per heavy atom. The van der Waals surface area contributed by atoms with Crippen molar-refractivity contribution in [2.45, 2.75) is 25.7 Å². The van der Waals surface area contributed by atoms with E-state index in [-0.39, 0.29) is 0 Å². The van der Waals surface area contributed by atoms with E-state index in [1.807, 2.05) is 0 Å². The summed E-state index contributed by atoms with van der Waals surface area (Å²) in [5.41, 5.74) is 0. The van der Waals surface area contributed by atoms with Crippen LogP contribution in [0.3, 0.4) is 0 Å². The Hall–Kier alpha value is -1.73. The maximum atomic E-state index is 6.19. The van der Waals surface area contributed by atoms with Gasteiger partial charge in [-0.3, -0.25) is 0 Å². The minimum atomic E-state index is -1.75. The molecule has 0 radical (unpaired) electrons. The summed E-state index contributed by atoms with van der Waals surface area (Å²) in [6.07, 6.45) is 1.04. The van der Waals surface area contributed by atoms with E-state index in [1.54, 1.807) is 0 Å². The van der Waals surface area contributed by atoms with Gasteiger partial charge in [0.1, 0.15) is 23.2 Å². The first-order valence-corrected chi connectivity index (χ1v) is 15.8. The van der Waals surface area contributed by atoms with Crippen molar-refractivity contribution in [1.29, 1.82) is 0 Å². The molecule has 0 fully saturated rings. The molecule has 0 heterocycles. The van der Waals surface area contributed by atoms with Crippen LogP contribution in [0.1, 0.15) is 0 Å². The van der Waals surface area contributed by atoms with Gasteiger partial charge in [-0.05, 0) is 42.4 Å². The molecule has 3 aromatic rings. The lowest BCUT2D eigenvalue weighted by Crippen LogP contribution is -2.34. The molecule has 0 saturated carbocycles. The Balaban J connectivity index is 1.97. The van der Waals surface area contributed by atoms with Crippen LogP contribution in [0, 0.1) is 0 Å². The number of hydrogen-bond donors (Lipinski definition) is 0. The highest BCUT2D eigenvalue weighted by Crippen LogP contribution is 2.54. The van der Waals surface area contributed by atoms with Crippen LogP contribution in [-0.4, -0.2) is 27.4 Å². The van der Waals surface area contributed by atoms with E-state index in [2.05, 4.69) is 111 Å². The van der Waals surface area contributed by atoms with Gasteiger partial charge in [0.2, 0.25) is 0 Å². The van der Waals surface area contributed by atoms with Gasteiger partial charge in [0.25, 0.3) is 0 Å². The van der Waals surface area contributed by atoms with Crippen molar-refractivity contribution in [2.75, 3.05) is 19.4 Å². The van der Waals surface area contributed by atoms with E-state index in [4.69, 9.17) is 4.74 Å². The molecular weight excluding hydrogens is 375 g/mol. The first-order valence-electron chi connectivity index (χ1n) is 10.2. The summed E-state index contributed by atoms with van der Waals surface area (Å²) >= 11 is 0. The first kappa shape index (κ1) is 21.0. The predicted octanol–water partition coefficient (Wildman–Crippen LogP) is 5.34. The largest absolute Gasteiger partial charge is 0.378 e. The van der Waals surface area contributed by atoms with Gasteiger partial charge in [-0.25, -0.2) is 0 Å². The molecule has 0 unspecified atom stereocenters. The van der Waals surface area contributed by atoms with Crippen LogP contribution < -0.4 is 15.9 Å². The van der Waals surface area contributed by atoms with E-state index in [0.717, 1.165) is 19.4 Å². The van der Waals surface area contributed by atoms with Crippen molar-refractivity contribution in [3.63, 3.8) is 0 Å². The summed E-state index contributed by atoms with van der Waals surface area (Å²) in [5, 5.41) is 4.29. The Bertz CT molecular complexity index is 732. The van der Waals surface area contributed by atoms with Gasteiger partial charge >= 0.3 is 0 Å². The molecule has 0 aromatic heterocycles. The smallest absolute Gasteiger partial charge is 0.114 e. The van der Waals surface area contributed by atoms with Gasteiger partial charge in [0.05, 0.1) is 12.8 Å². The van der Waals surface area contributed by atoms with E-state index < -0.39 is 15.3 Å². The maximum Gasteiger partial charge on any atom is 0.114 e. The van der Waals surface area contributed by atoms with Crippen LogP contribution in [0.4, 0.5) is 0 Å². The molecule has 0 aliphatic rings. The Morgan fingerprint density at radius 2 is 1.00 bits per heavy atom. The van der Waals surface area contributed by atoms with E-state index in [1.165, 1.54) is 22.0 Å². The normalized spacial score (nSPS) is 12.1. The highest BCUT2D eigenvalue weighted by atomic mass is 31.2. The van der Waals surface area contributed by atoms with Gasteiger partial charge in [-0.1, -0.05) is 74.2 Å². The lowest BCUT2D eigenvalue weighted by atomic mass is 10.4. The molecule has 0 spiro atoms. The van der Waals surface area contributed by atoms with Crippen LogP contribution in [0.25, 0.3) is 0 Å². The predicted molar refractivity (Wildman–Crippen MR) is 129 cm³/mol. The molecule has 0 bridgehead atoms. The Kier molecular flexibility index (Phi) is 7.23. The van der Waals surface area contributed by atoms with E-state index in [0.29, 0.717) is 0 Å². The van der Waals surface area contributed by atoms with Crippen LogP contribution in [0.15, 0.2) is 91.0 Å². The molecule has 3 aromatic carbocycles. The fourth-order valence-corrected chi connectivity index (χ4v) is 8.44. The Morgan fingerprint density at radius 3 is 1.36 bits per heavy atom. The standard InChI is InChI=1S/C25H32OPSi/c1-28(2,3)22-20-26-19-21-27(23-13-7-4-8-14-23,24-15-9-5-10-16-24)25-17-11-6-12-18-25/h4-18H,19-22H2,1-3H3/q+1. The summed E-state index contributed by atoms with van der Waals surface area (Å²) in [6, 6.07) is 34.4. The van der Waals surface area contributed by atoms with Crippen LogP contribution in [0.2, 0.25) is 25.7 Å². The quantitative estimate of drug-likeness (QED) is 0.264. The zero-order valence-electron chi connectivity index (χ0n) is 17.3. The van der Waals surface area contributed by atoms with Crippen LogP contribution >= 0.6 is 7.26 Å². The third-order valence-electron chi connectivity index (χ3n) is 5.16. The molecule has 28 heavy (non-hydrogen) atoms. The second kappa shape index (κ2) is 9.65. The Labute approximate surface area is 172 Å². The second-order valence-electron chi connectivity index (χ2n) is 8.46. The highest BCUT2D eigenvalue weighted by molar-refractivity contribution is 7.95. The van der Waals surface area contributed by atoms with Crippen molar-refractivity contribution in [3.8, 4) is 0 Å². The molecule has 3 rings (SSSR count). The fraction of sp³-hybridized carbons (Fsp3) is 0.280. The summed E-state index contributed by atoms with van der Waals surface area (Å²) < 4.78 is 6.19.